The van der Waals surface area contributed by atoms with Gasteiger partial charge in [-0.1, -0.05) is 17.3 Å². The Hall–Kier alpha value is -3.03. The van der Waals surface area contributed by atoms with Crippen molar-refractivity contribution in [1.29, 1.82) is 0 Å². The summed E-state index contributed by atoms with van der Waals surface area (Å²) in [5.41, 5.74) is 1.41. The second-order valence-corrected chi connectivity index (χ2v) is 6.16. The third-order valence-electron chi connectivity index (χ3n) is 4.40. The highest BCUT2D eigenvalue weighted by molar-refractivity contribution is 5.79. The highest BCUT2D eigenvalue weighted by Crippen LogP contribution is 2.24. The minimum atomic E-state index is -0.330. The summed E-state index contributed by atoms with van der Waals surface area (Å²) in [4.78, 5) is 27.6. The van der Waals surface area contributed by atoms with Gasteiger partial charge in [0, 0.05) is 37.8 Å². The van der Waals surface area contributed by atoms with Crippen LogP contribution in [0.25, 0.3) is 11.3 Å². The van der Waals surface area contributed by atoms with E-state index < -0.39 is 0 Å². The molecule has 1 fully saturated rings. The molecule has 1 aromatic heterocycles. The molecule has 1 aliphatic heterocycles. The van der Waals surface area contributed by atoms with Gasteiger partial charge in [0.1, 0.15) is 5.75 Å². The molecule has 0 saturated carbocycles. The summed E-state index contributed by atoms with van der Waals surface area (Å²) in [6, 6.07) is 9.22. The molecule has 0 aliphatic carbocycles. The molecule has 2 heterocycles. The molecular weight excluding hydrogens is 350 g/mol. The van der Waals surface area contributed by atoms with E-state index in [0.29, 0.717) is 44.2 Å². The molecule has 2 aromatic rings. The number of amides is 2. The van der Waals surface area contributed by atoms with E-state index in [2.05, 4.69) is 5.16 Å². The van der Waals surface area contributed by atoms with Crippen LogP contribution in [0.1, 0.15) is 12.6 Å². The Bertz CT molecular complexity index is 796. The van der Waals surface area contributed by atoms with Crippen molar-refractivity contribution in [1.82, 2.24) is 15.0 Å². The largest absolute Gasteiger partial charge is 0.497 e. The zero-order valence-corrected chi connectivity index (χ0v) is 15.5. The Morgan fingerprint density at radius 3 is 2.59 bits per heavy atom. The average Bonchev–Trinajstić information content (AvgIpc) is 3.17. The van der Waals surface area contributed by atoms with Crippen molar-refractivity contribution in [2.75, 3.05) is 39.9 Å². The molecule has 0 N–H and O–H groups in total. The van der Waals surface area contributed by atoms with E-state index >= 15 is 0 Å². The molecule has 0 radical (unpaired) electrons. The predicted molar refractivity (Wildman–Crippen MR) is 97.4 cm³/mol. The van der Waals surface area contributed by atoms with Gasteiger partial charge in [-0.15, -0.1) is 0 Å². The fraction of sp³-hybridized carbons (Fsp3) is 0.421. The number of hydrogen-bond acceptors (Lipinski definition) is 6. The van der Waals surface area contributed by atoms with E-state index in [4.69, 9.17) is 14.0 Å². The van der Waals surface area contributed by atoms with E-state index in [1.54, 1.807) is 29.9 Å². The first-order valence-corrected chi connectivity index (χ1v) is 8.90. The number of piperazine rings is 1. The highest BCUT2D eigenvalue weighted by atomic mass is 16.6. The predicted octanol–water partition coefficient (Wildman–Crippen LogP) is 2.19. The van der Waals surface area contributed by atoms with Crippen LogP contribution < -0.4 is 4.74 Å². The van der Waals surface area contributed by atoms with Crippen molar-refractivity contribution in [3.05, 3.63) is 36.0 Å². The topological polar surface area (TPSA) is 85.1 Å². The number of methoxy groups -OCH3 is 1. The zero-order chi connectivity index (χ0) is 19.2. The van der Waals surface area contributed by atoms with E-state index in [9.17, 15) is 9.59 Å². The van der Waals surface area contributed by atoms with Gasteiger partial charge in [-0.2, -0.15) is 0 Å². The fourth-order valence-corrected chi connectivity index (χ4v) is 2.93. The van der Waals surface area contributed by atoms with Crippen LogP contribution in [0.15, 0.2) is 34.9 Å². The third kappa shape index (κ3) is 4.58. The van der Waals surface area contributed by atoms with E-state index in [0.717, 1.165) is 11.3 Å². The maximum atomic E-state index is 12.5. The number of ether oxygens (including phenoxy) is 2. The van der Waals surface area contributed by atoms with Crippen LogP contribution in [0, 0.1) is 0 Å². The summed E-state index contributed by atoms with van der Waals surface area (Å²) in [7, 11) is 1.60. The first-order chi connectivity index (χ1) is 13.1. The number of carbonyl (C=O) groups is 2. The number of nitrogens with zero attached hydrogens (tertiary/aromatic N) is 3. The molecule has 1 saturated heterocycles. The van der Waals surface area contributed by atoms with Gasteiger partial charge >= 0.3 is 6.09 Å². The van der Waals surface area contributed by atoms with Crippen LogP contribution in [-0.2, 0) is 16.0 Å². The third-order valence-corrected chi connectivity index (χ3v) is 4.40. The molecule has 8 nitrogen and oxygen atoms in total. The Morgan fingerprint density at radius 1 is 1.15 bits per heavy atom. The minimum Gasteiger partial charge on any atom is -0.497 e. The van der Waals surface area contributed by atoms with Crippen LogP contribution in [0.2, 0.25) is 0 Å². The van der Waals surface area contributed by atoms with Crippen LogP contribution in [-0.4, -0.2) is 66.9 Å². The number of benzene rings is 1. The van der Waals surface area contributed by atoms with Gasteiger partial charge in [0.15, 0.2) is 5.76 Å². The van der Waals surface area contributed by atoms with E-state index in [1.165, 1.54) is 0 Å². The summed E-state index contributed by atoms with van der Waals surface area (Å²) in [5.74, 6) is 1.27. The van der Waals surface area contributed by atoms with Crippen LogP contribution in [0.4, 0.5) is 4.79 Å². The number of rotatable bonds is 5. The number of hydrogen-bond donors (Lipinski definition) is 0. The molecule has 1 aliphatic rings. The lowest BCUT2D eigenvalue weighted by Gasteiger charge is -2.33. The van der Waals surface area contributed by atoms with Crippen molar-refractivity contribution >= 4 is 12.0 Å². The maximum Gasteiger partial charge on any atom is 0.409 e. The van der Waals surface area contributed by atoms with E-state index in [1.807, 2.05) is 24.3 Å². The van der Waals surface area contributed by atoms with Gasteiger partial charge in [0.25, 0.3) is 0 Å². The van der Waals surface area contributed by atoms with Crippen molar-refractivity contribution < 1.29 is 23.6 Å². The Kier molecular flexibility index (Phi) is 5.95. The van der Waals surface area contributed by atoms with Gasteiger partial charge in [-0.3, -0.25) is 4.79 Å². The first-order valence-electron chi connectivity index (χ1n) is 8.90. The molecule has 2 amide bonds. The second kappa shape index (κ2) is 8.57. The Balaban J connectivity index is 1.56. The Labute approximate surface area is 157 Å². The maximum absolute atomic E-state index is 12.5. The van der Waals surface area contributed by atoms with Crippen molar-refractivity contribution in [2.24, 2.45) is 0 Å². The quantitative estimate of drug-likeness (QED) is 0.799. The van der Waals surface area contributed by atoms with Crippen LogP contribution in [0.5, 0.6) is 5.75 Å². The summed E-state index contributed by atoms with van der Waals surface area (Å²) in [6.45, 7) is 4.03. The van der Waals surface area contributed by atoms with Gasteiger partial charge in [0.05, 0.1) is 25.8 Å². The smallest absolute Gasteiger partial charge is 0.409 e. The molecular formula is C19H23N3O5. The molecule has 1 aromatic carbocycles. The molecule has 8 heteroatoms. The molecule has 3 rings (SSSR count). The van der Waals surface area contributed by atoms with Crippen molar-refractivity contribution in [3.63, 3.8) is 0 Å². The summed E-state index contributed by atoms with van der Waals surface area (Å²) in [5, 5.41) is 4.00. The van der Waals surface area contributed by atoms with Crippen LogP contribution >= 0.6 is 0 Å². The molecule has 0 unspecified atom stereocenters. The summed E-state index contributed by atoms with van der Waals surface area (Å²) in [6.07, 6.45) is -0.170. The van der Waals surface area contributed by atoms with E-state index in [-0.39, 0.29) is 18.4 Å². The Morgan fingerprint density at radius 2 is 1.89 bits per heavy atom. The highest BCUT2D eigenvalue weighted by Gasteiger charge is 2.25. The number of aromatic nitrogens is 1. The summed E-state index contributed by atoms with van der Waals surface area (Å²) < 4.78 is 15.6. The van der Waals surface area contributed by atoms with Gasteiger partial charge in [-0.25, -0.2) is 4.79 Å². The lowest BCUT2D eigenvalue weighted by Crippen LogP contribution is -2.51. The van der Waals surface area contributed by atoms with Crippen LogP contribution in [0.3, 0.4) is 0 Å². The summed E-state index contributed by atoms with van der Waals surface area (Å²) >= 11 is 0. The van der Waals surface area contributed by atoms with Gasteiger partial charge < -0.3 is 23.8 Å². The lowest BCUT2D eigenvalue weighted by molar-refractivity contribution is -0.132. The average molecular weight is 373 g/mol. The SMILES string of the molecule is CCOC(=O)N1CCN(C(=O)Cc2cc(-c3cccc(OC)c3)on2)CC1. The first kappa shape index (κ1) is 18.8. The molecule has 144 valence electrons. The minimum absolute atomic E-state index is 0.0380. The molecule has 0 bridgehead atoms. The normalized spacial score (nSPS) is 14.1. The fourth-order valence-electron chi connectivity index (χ4n) is 2.93. The number of carbonyl (C=O) groups excluding carboxylic acids is 2. The molecule has 0 atom stereocenters. The lowest BCUT2D eigenvalue weighted by atomic mass is 10.1. The molecule has 27 heavy (non-hydrogen) atoms. The zero-order valence-electron chi connectivity index (χ0n) is 15.5. The van der Waals surface area contributed by atoms with Crippen molar-refractivity contribution in [2.45, 2.75) is 13.3 Å². The molecule has 0 spiro atoms. The van der Waals surface area contributed by atoms with Gasteiger partial charge in [-0.05, 0) is 19.1 Å². The van der Waals surface area contributed by atoms with Crippen molar-refractivity contribution in [3.8, 4) is 17.1 Å². The van der Waals surface area contributed by atoms with Gasteiger partial charge in [0.2, 0.25) is 5.91 Å². The second-order valence-electron chi connectivity index (χ2n) is 6.16. The standard InChI is InChI=1S/C19H23N3O5/c1-3-26-19(24)22-9-7-21(8-10-22)18(23)13-15-12-17(27-20-15)14-5-4-6-16(11-14)25-2/h4-6,11-12H,3,7-10,13H2,1-2H3. The monoisotopic (exact) mass is 373 g/mol.